The lowest BCUT2D eigenvalue weighted by Gasteiger charge is -2.43. The molecule has 0 saturated carbocycles. The molecule has 148 valence electrons. The van der Waals surface area contributed by atoms with Gasteiger partial charge in [-0.2, -0.15) is 0 Å². The number of rotatable bonds is 1. The Balaban J connectivity index is 1.85. The summed E-state index contributed by atoms with van der Waals surface area (Å²) in [5.41, 5.74) is 6.22. The fourth-order valence-corrected chi connectivity index (χ4v) is 5.46. The van der Waals surface area contributed by atoms with Crippen LogP contribution in [0.3, 0.4) is 0 Å². The van der Waals surface area contributed by atoms with Gasteiger partial charge < -0.3 is 10.4 Å². The lowest BCUT2D eigenvalue weighted by molar-refractivity contribution is -0.127. The van der Waals surface area contributed by atoms with Crippen molar-refractivity contribution in [2.75, 3.05) is 5.32 Å². The van der Waals surface area contributed by atoms with E-state index < -0.39 is 11.0 Å². The highest BCUT2D eigenvalue weighted by atomic mass is 16.3. The molecule has 0 fully saturated rings. The minimum absolute atomic E-state index is 0.219. The molecule has 1 heterocycles. The van der Waals surface area contributed by atoms with Gasteiger partial charge in [-0.25, -0.2) is 0 Å². The first-order chi connectivity index (χ1) is 13.7. The number of anilines is 1. The minimum Gasteiger partial charge on any atom is -0.507 e. The van der Waals surface area contributed by atoms with Gasteiger partial charge in [-0.1, -0.05) is 30.3 Å². The molecule has 0 aromatic heterocycles. The lowest BCUT2D eigenvalue weighted by Crippen LogP contribution is -2.53. The highest BCUT2D eigenvalue weighted by Crippen LogP contribution is 2.49. The fraction of sp³-hybridized carbons (Fsp3) is 0.346. The van der Waals surface area contributed by atoms with Crippen LogP contribution in [0, 0.1) is 0 Å². The summed E-state index contributed by atoms with van der Waals surface area (Å²) in [6.07, 6.45) is 3.21. The van der Waals surface area contributed by atoms with Crippen molar-refractivity contribution in [3.8, 4) is 16.9 Å². The topological polar surface area (TPSA) is 49.3 Å². The van der Waals surface area contributed by atoms with Crippen LogP contribution in [0.5, 0.6) is 5.75 Å². The number of aromatic hydroxyl groups is 1. The summed E-state index contributed by atoms with van der Waals surface area (Å²) in [5, 5.41) is 15.8. The van der Waals surface area contributed by atoms with E-state index in [1.165, 1.54) is 22.4 Å². The number of hydrogen-bond donors (Lipinski definition) is 2. The Morgan fingerprint density at radius 3 is 2.38 bits per heavy atom. The highest BCUT2D eigenvalue weighted by molar-refractivity contribution is 6.05. The predicted molar refractivity (Wildman–Crippen MR) is 119 cm³/mol. The molecule has 0 spiro atoms. The number of phenols is 1. The van der Waals surface area contributed by atoms with Crippen molar-refractivity contribution in [3.63, 3.8) is 0 Å². The monoisotopic (exact) mass is 385 g/mol. The van der Waals surface area contributed by atoms with Crippen molar-refractivity contribution >= 4 is 22.2 Å². The Kier molecular flexibility index (Phi) is 3.68. The number of ketones is 1. The van der Waals surface area contributed by atoms with Gasteiger partial charge in [-0.15, -0.1) is 0 Å². The molecule has 29 heavy (non-hydrogen) atoms. The molecule has 0 bridgehead atoms. The van der Waals surface area contributed by atoms with Crippen LogP contribution in [0.4, 0.5) is 5.69 Å². The van der Waals surface area contributed by atoms with Crippen molar-refractivity contribution in [2.24, 2.45) is 0 Å². The Bertz CT molecular complexity index is 1190. The molecule has 3 nitrogen and oxygen atoms in total. The van der Waals surface area contributed by atoms with Crippen molar-refractivity contribution in [1.82, 2.24) is 0 Å². The zero-order valence-electron chi connectivity index (χ0n) is 17.5. The van der Waals surface area contributed by atoms with Gasteiger partial charge in [-0.3, -0.25) is 4.79 Å². The number of Topliss-reactive ketones (excluding diaryl/α,β-unsaturated/α-hetero) is 1. The maximum atomic E-state index is 13.2. The molecule has 0 unspecified atom stereocenters. The van der Waals surface area contributed by atoms with Crippen LogP contribution in [0.15, 0.2) is 42.5 Å². The average molecular weight is 386 g/mol. The van der Waals surface area contributed by atoms with Crippen molar-refractivity contribution in [2.45, 2.75) is 57.9 Å². The molecule has 1 aliphatic heterocycles. The maximum Gasteiger partial charge on any atom is 0.167 e. The summed E-state index contributed by atoms with van der Waals surface area (Å²) >= 11 is 0. The van der Waals surface area contributed by atoms with Gasteiger partial charge in [0.2, 0.25) is 0 Å². The van der Waals surface area contributed by atoms with Gasteiger partial charge in [0.25, 0.3) is 0 Å². The summed E-state index contributed by atoms with van der Waals surface area (Å²) < 4.78 is 0. The van der Waals surface area contributed by atoms with Gasteiger partial charge in [0.15, 0.2) is 5.78 Å². The normalized spacial score (nSPS) is 19.0. The van der Waals surface area contributed by atoms with Crippen molar-refractivity contribution in [1.29, 1.82) is 0 Å². The highest BCUT2D eigenvalue weighted by Gasteiger charge is 2.47. The van der Waals surface area contributed by atoms with E-state index in [0.29, 0.717) is 5.75 Å². The number of carbonyl (C=O) groups excluding carboxylic acids is 1. The zero-order chi connectivity index (χ0) is 20.6. The average Bonchev–Trinajstić information content (AvgIpc) is 3.17. The van der Waals surface area contributed by atoms with E-state index in [0.717, 1.165) is 41.2 Å². The van der Waals surface area contributed by atoms with Crippen LogP contribution in [-0.2, 0) is 23.1 Å². The minimum atomic E-state index is -0.570. The molecule has 0 amide bonds. The van der Waals surface area contributed by atoms with Crippen molar-refractivity contribution < 1.29 is 9.90 Å². The predicted octanol–water partition coefficient (Wildman–Crippen LogP) is 5.75. The SMILES string of the molecule is CC1(C)Nc2c(cc(-c3cccc4c(O)cccc34)c3c2CCC3)C(C)(C)C1=O. The van der Waals surface area contributed by atoms with Crippen LogP contribution >= 0.6 is 0 Å². The molecule has 1 aliphatic carbocycles. The van der Waals surface area contributed by atoms with Crippen LogP contribution in [-0.4, -0.2) is 16.4 Å². The Morgan fingerprint density at radius 1 is 0.897 bits per heavy atom. The molecule has 2 aliphatic rings. The largest absolute Gasteiger partial charge is 0.507 e. The van der Waals surface area contributed by atoms with Crippen LogP contribution in [0.1, 0.15) is 50.8 Å². The second-order valence-electron chi connectivity index (χ2n) is 9.54. The first kappa shape index (κ1) is 18.2. The Morgan fingerprint density at radius 2 is 1.59 bits per heavy atom. The van der Waals surface area contributed by atoms with E-state index in [1.54, 1.807) is 6.07 Å². The van der Waals surface area contributed by atoms with E-state index in [4.69, 9.17) is 0 Å². The maximum absolute atomic E-state index is 13.2. The van der Waals surface area contributed by atoms with E-state index >= 15 is 0 Å². The summed E-state index contributed by atoms with van der Waals surface area (Å²) in [5.74, 6) is 0.523. The van der Waals surface area contributed by atoms with Crippen LogP contribution < -0.4 is 5.32 Å². The standard InChI is InChI=1S/C26H27NO2/c1-25(2)21-14-20(16-8-5-11-18-15(16)10-7-13-22(18)28)17-9-6-12-19(17)23(21)27-26(3,4)24(25)29/h5,7-8,10-11,13-14,27-28H,6,9,12H2,1-4H3. The molecule has 0 saturated heterocycles. The third-order valence-corrected chi connectivity index (χ3v) is 6.84. The van der Waals surface area contributed by atoms with Gasteiger partial charge in [0.05, 0.1) is 11.0 Å². The van der Waals surface area contributed by atoms with E-state index in [1.807, 2.05) is 32.0 Å². The lowest BCUT2D eigenvalue weighted by atomic mass is 9.68. The third-order valence-electron chi connectivity index (χ3n) is 6.84. The molecular weight excluding hydrogens is 358 g/mol. The van der Waals surface area contributed by atoms with Crippen molar-refractivity contribution in [3.05, 3.63) is 59.2 Å². The zero-order valence-corrected chi connectivity index (χ0v) is 17.5. The van der Waals surface area contributed by atoms with E-state index in [9.17, 15) is 9.90 Å². The van der Waals surface area contributed by atoms with Gasteiger partial charge in [0.1, 0.15) is 5.75 Å². The fourth-order valence-electron chi connectivity index (χ4n) is 5.46. The molecule has 3 heteroatoms. The molecule has 3 aromatic carbocycles. The van der Waals surface area contributed by atoms with Gasteiger partial charge >= 0.3 is 0 Å². The summed E-state index contributed by atoms with van der Waals surface area (Å²) in [6.45, 7) is 8.08. The molecule has 2 N–H and O–H groups in total. The van der Waals surface area contributed by atoms with Crippen LogP contribution in [0.2, 0.25) is 0 Å². The first-order valence-corrected chi connectivity index (χ1v) is 10.5. The second kappa shape index (κ2) is 5.85. The molecule has 5 rings (SSSR count). The van der Waals surface area contributed by atoms with Crippen LogP contribution in [0.25, 0.3) is 21.9 Å². The number of hydrogen-bond acceptors (Lipinski definition) is 3. The molecule has 0 radical (unpaired) electrons. The summed E-state index contributed by atoms with van der Waals surface area (Å²) in [7, 11) is 0. The number of benzene rings is 3. The molecular formula is C26H27NO2. The number of phenolic OH excluding ortho intramolecular Hbond substituents is 1. The first-order valence-electron chi connectivity index (χ1n) is 10.5. The molecule has 3 aromatic rings. The summed E-state index contributed by atoms with van der Waals surface area (Å²) in [4.78, 5) is 13.2. The molecule has 0 atom stereocenters. The third kappa shape index (κ3) is 2.46. The summed E-state index contributed by atoms with van der Waals surface area (Å²) in [6, 6.07) is 14.0. The quantitative estimate of drug-likeness (QED) is 0.560. The van der Waals surface area contributed by atoms with E-state index in [-0.39, 0.29) is 5.78 Å². The smallest absolute Gasteiger partial charge is 0.167 e. The number of fused-ring (bicyclic) bond motifs is 4. The van der Waals surface area contributed by atoms with Gasteiger partial charge in [0, 0.05) is 11.1 Å². The number of nitrogens with one attached hydrogen (secondary N) is 1. The number of carbonyl (C=O) groups is 1. The van der Waals surface area contributed by atoms with Gasteiger partial charge in [-0.05, 0) is 92.3 Å². The van der Waals surface area contributed by atoms with E-state index in [2.05, 4.69) is 37.4 Å². The Hall–Kier alpha value is -2.81. The second-order valence-corrected chi connectivity index (χ2v) is 9.54. The Labute approximate surface area is 171 Å².